The standard InChI is InChI=1S/C14H26N2O5/c1-14(2,3)9(6-7-15)4-5-11(17)16-10(13(20)21)8-12(18)19/h9-10H,4-8,15H2,1-3H3,(H,16,17)(H,18,19)(H,20,21). The molecule has 0 saturated carbocycles. The molecule has 7 nitrogen and oxygen atoms in total. The van der Waals surface area contributed by atoms with Gasteiger partial charge in [0.2, 0.25) is 5.91 Å². The van der Waals surface area contributed by atoms with E-state index in [1.807, 2.05) is 0 Å². The van der Waals surface area contributed by atoms with Gasteiger partial charge in [0.05, 0.1) is 6.42 Å². The molecular formula is C14H26N2O5. The third kappa shape index (κ3) is 8.29. The van der Waals surface area contributed by atoms with Gasteiger partial charge in [-0.05, 0) is 30.7 Å². The van der Waals surface area contributed by atoms with Crippen molar-refractivity contribution in [2.24, 2.45) is 17.1 Å². The van der Waals surface area contributed by atoms with Gasteiger partial charge < -0.3 is 21.3 Å². The van der Waals surface area contributed by atoms with E-state index in [0.717, 1.165) is 6.42 Å². The largest absolute Gasteiger partial charge is 0.481 e. The molecule has 0 saturated heterocycles. The minimum absolute atomic E-state index is 0.00686. The predicted octanol–water partition coefficient (Wildman–Crippen LogP) is 0.822. The number of aliphatic carboxylic acids is 2. The van der Waals surface area contributed by atoms with Crippen LogP contribution in [0.1, 0.15) is 46.5 Å². The van der Waals surface area contributed by atoms with Crippen LogP contribution in [0, 0.1) is 11.3 Å². The minimum Gasteiger partial charge on any atom is -0.481 e. The lowest BCUT2D eigenvalue weighted by Gasteiger charge is -2.30. The van der Waals surface area contributed by atoms with E-state index in [4.69, 9.17) is 15.9 Å². The van der Waals surface area contributed by atoms with Crippen molar-refractivity contribution in [3.8, 4) is 0 Å². The summed E-state index contributed by atoms with van der Waals surface area (Å²) in [7, 11) is 0. The summed E-state index contributed by atoms with van der Waals surface area (Å²) in [6.45, 7) is 6.72. The highest BCUT2D eigenvalue weighted by Crippen LogP contribution is 2.31. The number of hydrogen-bond acceptors (Lipinski definition) is 4. The molecule has 122 valence electrons. The molecule has 0 aromatic carbocycles. The molecule has 0 fully saturated rings. The molecule has 0 radical (unpaired) electrons. The number of carboxylic acids is 2. The van der Waals surface area contributed by atoms with E-state index in [2.05, 4.69) is 26.1 Å². The van der Waals surface area contributed by atoms with Crippen molar-refractivity contribution in [3.05, 3.63) is 0 Å². The smallest absolute Gasteiger partial charge is 0.326 e. The average molecular weight is 302 g/mol. The fourth-order valence-corrected chi connectivity index (χ4v) is 2.16. The van der Waals surface area contributed by atoms with Crippen molar-refractivity contribution < 1.29 is 24.6 Å². The van der Waals surface area contributed by atoms with E-state index >= 15 is 0 Å². The molecule has 0 aliphatic heterocycles. The first-order valence-electron chi connectivity index (χ1n) is 7.02. The van der Waals surface area contributed by atoms with Crippen molar-refractivity contribution in [1.29, 1.82) is 0 Å². The molecule has 0 aromatic heterocycles. The molecule has 0 rings (SSSR count). The SMILES string of the molecule is CC(C)(C)C(CCN)CCC(=O)NC(CC(=O)O)C(=O)O. The van der Waals surface area contributed by atoms with Crippen LogP contribution in [-0.2, 0) is 14.4 Å². The molecule has 0 aliphatic rings. The Morgan fingerprint density at radius 1 is 1.14 bits per heavy atom. The first kappa shape index (κ1) is 19.4. The Labute approximate surface area is 124 Å². The van der Waals surface area contributed by atoms with Gasteiger partial charge >= 0.3 is 11.9 Å². The van der Waals surface area contributed by atoms with Crippen molar-refractivity contribution in [2.45, 2.75) is 52.5 Å². The van der Waals surface area contributed by atoms with Crippen LogP contribution in [-0.4, -0.2) is 40.6 Å². The molecule has 0 heterocycles. The maximum Gasteiger partial charge on any atom is 0.326 e. The number of nitrogens with two attached hydrogens (primary N) is 1. The zero-order chi connectivity index (χ0) is 16.6. The van der Waals surface area contributed by atoms with Gasteiger partial charge in [-0.15, -0.1) is 0 Å². The second-order valence-electron chi connectivity index (χ2n) is 6.24. The van der Waals surface area contributed by atoms with Gasteiger partial charge in [-0.25, -0.2) is 4.79 Å². The van der Waals surface area contributed by atoms with E-state index in [9.17, 15) is 14.4 Å². The number of nitrogens with one attached hydrogen (secondary N) is 1. The van der Waals surface area contributed by atoms with Crippen molar-refractivity contribution >= 4 is 17.8 Å². The zero-order valence-electron chi connectivity index (χ0n) is 12.9. The third-order valence-corrected chi connectivity index (χ3v) is 3.47. The second kappa shape index (κ2) is 8.61. The number of hydrogen-bond donors (Lipinski definition) is 4. The summed E-state index contributed by atoms with van der Waals surface area (Å²) in [5, 5.41) is 19.7. The Hall–Kier alpha value is -1.63. The topological polar surface area (TPSA) is 130 Å². The molecule has 1 amide bonds. The lowest BCUT2D eigenvalue weighted by atomic mass is 9.76. The first-order chi connectivity index (χ1) is 9.57. The molecule has 5 N–H and O–H groups in total. The fraction of sp³-hybridized carbons (Fsp3) is 0.786. The Bertz CT molecular complexity index is 376. The van der Waals surface area contributed by atoms with Gasteiger partial charge in [-0.2, -0.15) is 0 Å². The van der Waals surface area contributed by atoms with E-state index in [-0.39, 0.29) is 17.8 Å². The monoisotopic (exact) mass is 302 g/mol. The lowest BCUT2D eigenvalue weighted by Crippen LogP contribution is -2.42. The molecule has 0 spiro atoms. The van der Waals surface area contributed by atoms with Crippen molar-refractivity contribution in [1.82, 2.24) is 5.32 Å². The number of carbonyl (C=O) groups excluding carboxylic acids is 1. The lowest BCUT2D eigenvalue weighted by molar-refractivity contribution is -0.147. The van der Waals surface area contributed by atoms with Gasteiger partial charge in [0.15, 0.2) is 0 Å². The van der Waals surface area contributed by atoms with Crippen molar-refractivity contribution in [2.75, 3.05) is 6.54 Å². The van der Waals surface area contributed by atoms with Crippen LogP contribution in [0.4, 0.5) is 0 Å². The van der Waals surface area contributed by atoms with Gasteiger partial charge in [0.25, 0.3) is 0 Å². The normalized spacial score (nSPS) is 14.3. The number of amides is 1. The summed E-state index contributed by atoms with van der Waals surface area (Å²) in [4.78, 5) is 33.2. The van der Waals surface area contributed by atoms with Crippen LogP contribution < -0.4 is 11.1 Å². The van der Waals surface area contributed by atoms with Crippen LogP contribution >= 0.6 is 0 Å². The summed E-state index contributed by atoms with van der Waals surface area (Å²) in [5.74, 6) is -2.82. The summed E-state index contributed by atoms with van der Waals surface area (Å²) in [5.41, 5.74) is 5.57. The maximum absolute atomic E-state index is 11.8. The van der Waals surface area contributed by atoms with Crippen LogP contribution in [0.5, 0.6) is 0 Å². The van der Waals surface area contributed by atoms with E-state index in [1.165, 1.54) is 0 Å². The summed E-state index contributed by atoms with van der Waals surface area (Å²) in [6, 6.07) is -1.39. The molecule has 7 heteroatoms. The molecular weight excluding hydrogens is 276 g/mol. The van der Waals surface area contributed by atoms with E-state index in [1.54, 1.807) is 0 Å². The van der Waals surface area contributed by atoms with Gasteiger partial charge in [0, 0.05) is 6.42 Å². The second-order valence-corrected chi connectivity index (χ2v) is 6.24. The van der Waals surface area contributed by atoms with Gasteiger partial charge in [0.1, 0.15) is 6.04 Å². The van der Waals surface area contributed by atoms with Gasteiger partial charge in [-0.3, -0.25) is 9.59 Å². The summed E-state index contributed by atoms with van der Waals surface area (Å²) in [6.07, 6.45) is 0.901. The van der Waals surface area contributed by atoms with Gasteiger partial charge in [-0.1, -0.05) is 20.8 Å². The Kier molecular flexibility index (Phi) is 7.94. The quantitative estimate of drug-likeness (QED) is 0.499. The number of carbonyl (C=O) groups is 3. The zero-order valence-corrected chi connectivity index (χ0v) is 12.9. The van der Waals surface area contributed by atoms with Crippen molar-refractivity contribution in [3.63, 3.8) is 0 Å². The van der Waals surface area contributed by atoms with Crippen LogP contribution in [0.3, 0.4) is 0 Å². The number of rotatable bonds is 9. The first-order valence-corrected chi connectivity index (χ1v) is 7.02. The highest BCUT2D eigenvalue weighted by Gasteiger charge is 2.26. The highest BCUT2D eigenvalue weighted by atomic mass is 16.4. The molecule has 21 heavy (non-hydrogen) atoms. The van der Waals surface area contributed by atoms with E-state index < -0.39 is 30.3 Å². The highest BCUT2D eigenvalue weighted by molar-refractivity contribution is 5.86. The van der Waals surface area contributed by atoms with E-state index in [0.29, 0.717) is 13.0 Å². The molecule has 0 aromatic rings. The predicted molar refractivity (Wildman–Crippen MR) is 77.7 cm³/mol. The molecule has 2 unspecified atom stereocenters. The minimum atomic E-state index is -1.39. The Morgan fingerprint density at radius 3 is 2.10 bits per heavy atom. The summed E-state index contributed by atoms with van der Waals surface area (Å²) < 4.78 is 0. The van der Waals surface area contributed by atoms with Crippen LogP contribution in [0.15, 0.2) is 0 Å². The number of carboxylic acid groups (broad SMARTS) is 2. The van der Waals surface area contributed by atoms with Crippen LogP contribution in [0.2, 0.25) is 0 Å². The fourth-order valence-electron chi connectivity index (χ4n) is 2.16. The molecule has 0 bridgehead atoms. The Morgan fingerprint density at radius 2 is 1.71 bits per heavy atom. The van der Waals surface area contributed by atoms with Crippen LogP contribution in [0.25, 0.3) is 0 Å². The average Bonchev–Trinajstić information content (AvgIpc) is 2.31. The molecule has 2 atom stereocenters. The molecule has 0 aliphatic carbocycles. The maximum atomic E-state index is 11.8. The third-order valence-electron chi connectivity index (χ3n) is 3.47. The Balaban J connectivity index is 4.46. The summed E-state index contributed by atoms with van der Waals surface area (Å²) >= 11 is 0.